The Morgan fingerprint density at radius 2 is 1.78 bits per heavy atom. The average Bonchev–Trinajstić information content (AvgIpc) is 3.39. The summed E-state index contributed by atoms with van der Waals surface area (Å²) in [6.07, 6.45) is 4.30. The standard InChI is InChI=1S/C21H21N5O/c1-14-3-5-15(6-4-14)17-9-10-20-23-26(21(27)25(20)12-17)13-18-11-19(16-7-8-16)22-24(18)2/h3-6,9-12,16H,7-8,13H2,1-2H3. The second kappa shape index (κ2) is 5.94. The van der Waals surface area contributed by atoms with Gasteiger partial charge in [-0.25, -0.2) is 13.9 Å². The zero-order valence-electron chi connectivity index (χ0n) is 15.5. The number of benzene rings is 1. The van der Waals surface area contributed by atoms with Gasteiger partial charge in [0.15, 0.2) is 5.65 Å². The molecule has 0 spiro atoms. The van der Waals surface area contributed by atoms with Crippen LogP contribution in [-0.2, 0) is 13.6 Å². The largest absolute Gasteiger partial charge is 0.350 e. The van der Waals surface area contributed by atoms with Gasteiger partial charge < -0.3 is 0 Å². The Morgan fingerprint density at radius 1 is 1.04 bits per heavy atom. The zero-order chi connectivity index (χ0) is 18.5. The van der Waals surface area contributed by atoms with Crippen molar-refractivity contribution >= 4 is 5.65 Å². The fourth-order valence-corrected chi connectivity index (χ4v) is 3.45. The van der Waals surface area contributed by atoms with Crippen molar-refractivity contribution in [2.45, 2.75) is 32.2 Å². The monoisotopic (exact) mass is 359 g/mol. The molecule has 1 aromatic carbocycles. The average molecular weight is 359 g/mol. The van der Waals surface area contributed by atoms with Gasteiger partial charge >= 0.3 is 5.69 Å². The van der Waals surface area contributed by atoms with Crippen LogP contribution in [0.2, 0.25) is 0 Å². The molecule has 5 rings (SSSR count). The molecule has 3 aromatic heterocycles. The highest BCUT2D eigenvalue weighted by molar-refractivity contribution is 5.64. The lowest BCUT2D eigenvalue weighted by Crippen LogP contribution is -2.22. The Balaban J connectivity index is 1.51. The molecule has 3 heterocycles. The summed E-state index contributed by atoms with van der Waals surface area (Å²) in [5.74, 6) is 0.597. The van der Waals surface area contributed by atoms with Gasteiger partial charge in [-0.3, -0.25) is 4.68 Å². The molecule has 6 heteroatoms. The second-order valence-electron chi connectivity index (χ2n) is 7.41. The third-order valence-corrected chi connectivity index (χ3v) is 5.26. The minimum atomic E-state index is -0.131. The van der Waals surface area contributed by atoms with E-state index < -0.39 is 0 Å². The summed E-state index contributed by atoms with van der Waals surface area (Å²) in [5.41, 5.74) is 5.95. The summed E-state index contributed by atoms with van der Waals surface area (Å²) in [7, 11) is 1.93. The number of nitrogens with zero attached hydrogens (tertiary/aromatic N) is 5. The van der Waals surface area contributed by atoms with Crippen molar-refractivity contribution in [3.05, 3.63) is 76.1 Å². The van der Waals surface area contributed by atoms with E-state index in [4.69, 9.17) is 0 Å². The minimum absolute atomic E-state index is 0.131. The van der Waals surface area contributed by atoms with Crippen molar-refractivity contribution in [1.82, 2.24) is 24.0 Å². The van der Waals surface area contributed by atoms with E-state index in [0.717, 1.165) is 22.5 Å². The Kier molecular flexibility index (Phi) is 3.53. The van der Waals surface area contributed by atoms with Crippen LogP contribution in [0.15, 0.2) is 53.5 Å². The van der Waals surface area contributed by atoms with E-state index in [2.05, 4.69) is 47.5 Å². The molecule has 0 atom stereocenters. The van der Waals surface area contributed by atoms with E-state index in [-0.39, 0.29) is 5.69 Å². The predicted molar refractivity (Wildman–Crippen MR) is 104 cm³/mol. The number of rotatable bonds is 4. The molecule has 1 fully saturated rings. The van der Waals surface area contributed by atoms with Crippen molar-refractivity contribution in [3.63, 3.8) is 0 Å². The highest BCUT2D eigenvalue weighted by Crippen LogP contribution is 2.39. The first kappa shape index (κ1) is 16.1. The molecule has 27 heavy (non-hydrogen) atoms. The van der Waals surface area contributed by atoms with E-state index in [1.54, 1.807) is 4.40 Å². The normalized spacial score (nSPS) is 14.1. The van der Waals surface area contributed by atoms with Crippen molar-refractivity contribution in [3.8, 4) is 11.1 Å². The number of aryl methyl sites for hydroxylation is 2. The first-order valence-corrected chi connectivity index (χ1v) is 9.27. The Bertz CT molecular complexity index is 1190. The van der Waals surface area contributed by atoms with Crippen LogP contribution >= 0.6 is 0 Å². The van der Waals surface area contributed by atoms with Crippen LogP contribution in [0.25, 0.3) is 16.8 Å². The van der Waals surface area contributed by atoms with E-state index in [9.17, 15) is 4.79 Å². The van der Waals surface area contributed by atoms with Gasteiger partial charge in [-0.2, -0.15) is 5.10 Å². The molecule has 136 valence electrons. The van der Waals surface area contributed by atoms with Crippen molar-refractivity contribution in [2.24, 2.45) is 7.05 Å². The van der Waals surface area contributed by atoms with Gasteiger partial charge in [-0.15, -0.1) is 5.10 Å². The van der Waals surface area contributed by atoms with E-state index in [1.165, 1.54) is 23.1 Å². The van der Waals surface area contributed by atoms with E-state index >= 15 is 0 Å². The fourth-order valence-electron chi connectivity index (χ4n) is 3.45. The third-order valence-electron chi connectivity index (χ3n) is 5.26. The number of hydrogen-bond donors (Lipinski definition) is 0. The van der Waals surface area contributed by atoms with Crippen molar-refractivity contribution in [1.29, 1.82) is 0 Å². The molecule has 4 aromatic rings. The lowest BCUT2D eigenvalue weighted by atomic mass is 10.1. The van der Waals surface area contributed by atoms with Crippen LogP contribution in [0.5, 0.6) is 0 Å². The fraction of sp³-hybridized carbons (Fsp3) is 0.286. The molecule has 6 nitrogen and oxygen atoms in total. The molecular formula is C21H21N5O. The van der Waals surface area contributed by atoms with Gasteiger partial charge in [0.2, 0.25) is 0 Å². The summed E-state index contributed by atoms with van der Waals surface area (Å²) < 4.78 is 5.00. The van der Waals surface area contributed by atoms with Gasteiger partial charge in [-0.05, 0) is 49.1 Å². The quantitative estimate of drug-likeness (QED) is 0.562. The maximum atomic E-state index is 12.9. The van der Waals surface area contributed by atoms with E-state index in [0.29, 0.717) is 18.1 Å². The first-order valence-electron chi connectivity index (χ1n) is 9.27. The predicted octanol–water partition coefficient (Wildman–Crippen LogP) is 3.13. The van der Waals surface area contributed by atoms with Gasteiger partial charge in [-0.1, -0.05) is 29.8 Å². The molecular weight excluding hydrogens is 338 g/mol. The minimum Gasteiger partial charge on any atom is -0.270 e. The summed E-state index contributed by atoms with van der Waals surface area (Å²) in [5, 5.41) is 9.07. The topological polar surface area (TPSA) is 57.1 Å². The third kappa shape index (κ3) is 2.87. The molecule has 1 aliphatic carbocycles. The Morgan fingerprint density at radius 3 is 2.52 bits per heavy atom. The van der Waals surface area contributed by atoms with Crippen LogP contribution in [0.1, 0.15) is 35.7 Å². The molecule has 0 N–H and O–H groups in total. The van der Waals surface area contributed by atoms with Gasteiger partial charge in [0.05, 0.1) is 17.9 Å². The first-order chi connectivity index (χ1) is 13.1. The van der Waals surface area contributed by atoms with Crippen molar-refractivity contribution in [2.75, 3.05) is 0 Å². The smallest absolute Gasteiger partial charge is 0.270 e. The Hall–Kier alpha value is -3.15. The Labute approximate surface area is 156 Å². The van der Waals surface area contributed by atoms with E-state index in [1.807, 2.05) is 30.1 Å². The maximum Gasteiger partial charge on any atom is 0.350 e. The number of hydrogen-bond acceptors (Lipinski definition) is 3. The van der Waals surface area contributed by atoms with Crippen LogP contribution in [0.4, 0.5) is 0 Å². The molecule has 1 aliphatic rings. The van der Waals surface area contributed by atoms with Crippen LogP contribution in [0, 0.1) is 6.92 Å². The summed E-state index contributed by atoms with van der Waals surface area (Å²) >= 11 is 0. The summed E-state index contributed by atoms with van der Waals surface area (Å²) in [6.45, 7) is 2.49. The second-order valence-corrected chi connectivity index (χ2v) is 7.41. The molecule has 0 saturated heterocycles. The summed E-state index contributed by atoms with van der Waals surface area (Å²) in [6, 6.07) is 14.3. The molecule has 1 saturated carbocycles. The SMILES string of the molecule is Cc1ccc(-c2ccc3nn(Cc4cc(C5CC5)nn4C)c(=O)n3c2)cc1. The maximum absolute atomic E-state index is 12.9. The molecule has 0 unspecified atom stereocenters. The van der Waals surface area contributed by atoms with Gasteiger partial charge in [0.1, 0.15) is 0 Å². The van der Waals surface area contributed by atoms with Crippen LogP contribution < -0.4 is 5.69 Å². The highest BCUT2D eigenvalue weighted by Gasteiger charge is 2.27. The molecule has 0 bridgehead atoms. The summed E-state index contributed by atoms with van der Waals surface area (Å²) in [4.78, 5) is 12.9. The molecule has 0 amide bonds. The number of aromatic nitrogens is 5. The van der Waals surface area contributed by atoms with Crippen LogP contribution in [0.3, 0.4) is 0 Å². The number of pyridine rings is 1. The lowest BCUT2D eigenvalue weighted by molar-refractivity contribution is 0.601. The van der Waals surface area contributed by atoms with Crippen molar-refractivity contribution < 1.29 is 0 Å². The highest BCUT2D eigenvalue weighted by atomic mass is 16.2. The number of fused-ring (bicyclic) bond motifs is 1. The van der Waals surface area contributed by atoms with Crippen LogP contribution in [-0.4, -0.2) is 24.0 Å². The van der Waals surface area contributed by atoms with Gasteiger partial charge in [0.25, 0.3) is 0 Å². The molecule has 0 radical (unpaired) electrons. The van der Waals surface area contributed by atoms with Gasteiger partial charge in [0, 0.05) is 19.2 Å². The zero-order valence-corrected chi connectivity index (χ0v) is 15.5. The molecule has 0 aliphatic heterocycles. The lowest BCUT2D eigenvalue weighted by Gasteiger charge is -2.02.